The van der Waals surface area contributed by atoms with Gasteiger partial charge >= 0.3 is 23.9 Å². The SMILES string of the molecule is CC(=O)OC[C@H]1O[C@@H](O[C@H]2[C@H](OCc3ccccc3)C[C@H](O)O[C@@H]2CO)[C@H](OC(C)=O)[C@@H](OC(C)=O)[C@H]1OC(C)=O. The molecule has 0 aliphatic carbocycles. The zero-order valence-electron chi connectivity index (χ0n) is 23.2. The zero-order valence-corrected chi connectivity index (χ0v) is 23.2. The Hall–Kier alpha value is -3.14. The molecule has 3 rings (SSSR count). The highest BCUT2D eigenvalue weighted by Crippen LogP contribution is 2.34. The van der Waals surface area contributed by atoms with Crippen LogP contribution in [0.3, 0.4) is 0 Å². The van der Waals surface area contributed by atoms with Crippen molar-refractivity contribution < 1.29 is 67.3 Å². The van der Waals surface area contributed by atoms with Crippen molar-refractivity contribution in [3.63, 3.8) is 0 Å². The lowest BCUT2D eigenvalue weighted by molar-refractivity contribution is -0.347. The second kappa shape index (κ2) is 15.2. The first-order valence-corrected chi connectivity index (χ1v) is 13.0. The van der Waals surface area contributed by atoms with Crippen molar-refractivity contribution in [2.75, 3.05) is 13.2 Å². The van der Waals surface area contributed by atoms with Crippen LogP contribution in [0.4, 0.5) is 0 Å². The molecule has 2 aliphatic rings. The van der Waals surface area contributed by atoms with Gasteiger partial charge in [0.1, 0.15) is 24.9 Å². The standard InChI is InChI=1S/C27H36O14/c1-14(29)34-13-21-24(36-15(2)30)25(37-16(3)31)26(38-17(4)32)27(40-21)41-23-19(10-22(33)39-20(23)11-28)35-12-18-8-6-5-7-9-18/h5-9,19-28,33H,10-13H2,1-4H3/t19-,20-,21-,22-,23+,24+,25+,26-,27+/m1/s1. The van der Waals surface area contributed by atoms with E-state index < -0.39 is 92.4 Å². The summed E-state index contributed by atoms with van der Waals surface area (Å²) in [6.45, 7) is 3.60. The molecular weight excluding hydrogens is 548 g/mol. The van der Waals surface area contributed by atoms with E-state index in [2.05, 4.69) is 0 Å². The molecule has 14 nitrogen and oxygen atoms in total. The van der Waals surface area contributed by atoms with Crippen molar-refractivity contribution in [3.05, 3.63) is 35.9 Å². The van der Waals surface area contributed by atoms with Crippen molar-refractivity contribution in [2.45, 2.75) is 96.0 Å². The fourth-order valence-corrected chi connectivity index (χ4v) is 4.62. The summed E-state index contributed by atoms with van der Waals surface area (Å²) >= 11 is 0. The van der Waals surface area contributed by atoms with E-state index in [1.165, 1.54) is 0 Å². The summed E-state index contributed by atoms with van der Waals surface area (Å²) in [5.41, 5.74) is 0.833. The van der Waals surface area contributed by atoms with Crippen molar-refractivity contribution in [2.24, 2.45) is 0 Å². The lowest BCUT2D eigenvalue weighted by Gasteiger charge is -2.47. The van der Waals surface area contributed by atoms with E-state index >= 15 is 0 Å². The van der Waals surface area contributed by atoms with Crippen LogP contribution in [0, 0.1) is 0 Å². The highest BCUT2D eigenvalue weighted by molar-refractivity contribution is 5.68. The summed E-state index contributed by atoms with van der Waals surface area (Å²) in [4.78, 5) is 47.7. The second-order valence-corrected chi connectivity index (χ2v) is 9.55. The highest BCUT2D eigenvalue weighted by Gasteiger charge is 2.54. The van der Waals surface area contributed by atoms with Crippen molar-refractivity contribution in [1.29, 1.82) is 0 Å². The third-order valence-corrected chi connectivity index (χ3v) is 6.22. The molecule has 228 valence electrons. The Bertz CT molecular complexity index is 1030. The summed E-state index contributed by atoms with van der Waals surface area (Å²) in [7, 11) is 0. The smallest absolute Gasteiger partial charge is 0.303 e. The lowest BCUT2D eigenvalue weighted by Crippen LogP contribution is -2.65. The normalized spacial score (nSPS) is 31.5. The quantitative estimate of drug-likeness (QED) is 0.264. The van der Waals surface area contributed by atoms with E-state index in [-0.39, 0.29) is 13.0 Å². The molecule has 0 amide bonds. The molecule has 2 fully saturated rings. The van der Waals surface area contributed by atoms with E-state index in [0.29, 0.717) is 0 Å². The first-order chi connectivity index (χ1) is 19.5. The van der Waals surface area contributed by atoms with E-state index in [0.717, 1.165) is 33.3 Å². The van der Waals surface area contributed by atoms with Crippen LogP contribution in [0.1, 0.15) is 39.7 Å². The molecule has 1 aromatic rings. The summed E-state index contributed by atoms with van der Waals surface area (Å²) in [6.07, 6.45) is -11.4. The number of ether oxygens (including phenoxy) is 8. The molecule has 0 unspecified atom stereocenters. The van der Waals surface area contributed by atoms with Gasteiger partial charge in [0.05, 0.1) is 19.3 Å². The van der Waals surface area contributed by atoms with Gasteiger partial charge in [-0.3, -0.25) is 19.2 Å². The molecule has 0 saturated carbocycles. The molecule has 14 heteroatoms. The molecule has 2 saturated heterocycles. The van der Waals surface area contributed by atoms with Gasteiger partial charge in [-0.1, -0.05) is 30.3 Å². The average molecular weight is 585 g/mol. The number of aliphatic hydroxyl groups excluding tert-OH is 2. The zero-order chi connectivity index (χ0) is 30.1. The highest BCUT2D eigenvalue weighted by atomic mass is 16.8. The number of esters is 4. The van der Waals surface area contributed by atoms with Gasteiger partial charge in [-0.05, 0) is 5.56 Å². The van der Waals surface area contributed by atoms with Gasteiger partial charge in [0, 0.05) is 34.1 Å². The minimum Gasteiger partial charge on any atom is -0.463 e. The van der Waals surface area contributed by atoms with Crippen LogP contribution >= 0.6 is 0 Å². The summed E-state index contributed by atoms with van der Waals surface area (Å²) in [6, 6.07) is 9.20. The first-order valence-electron chi connectivity index (χ1n) is 13.0. The van der Waals surface area contributed by atoms with Crippen molar-refractivity contribution in [3.8, 4) is 0 Å². The molecule has 2 N–H and O–H groups in total. The third kappa shape index (κ3) is 9.45. The van der Waals surface area contributed by atoms with Gasteiger partial charge in [0.2, 0.25) is 0 Å². The Labute approximate surface area is 236 Å². The van der Waals surface area contributed by atoms with Crippen LogP contribution < -0.4 is 0 Å². The van der Waals surface area contributed by atoms with E-state index in [9.17, 15) is 29.4 Å². The number of aliphatic hydroxyl groups is 2. The number of carbonyl (C=O) groups excluding carboxylic acids is 4. The molecule has 0 bridgehead atoms. The monoisotopic (exact) mass is 584 g/mol. The van der Waals surface area contributed by atoms with Gasteiger partial charge < -0.3 is 48.1 Å². The Morgan fingerprint density at radius 3 is 2.00 bits per heavy atom. The minimum atomic E-state index is -1.52. The molecule has 0 radical (unpaired) electrons. The van der Waals surface area contributed by atoms with Crippen LogP contribution in [0.5, 0.6) is 0 Å². The first kappa shape index (κ1) is 32.4. The molecule has 41 heavy (non-hydrogen) atoms. The second-order valence-electron chi connectivity index (χ2n) is 9.55. The van der Waals surface area contributed by atoms with Gasteiger partial charge in [0.25, 0.3) is 0 Å². The average Bonchev–Trinajstić information content (AvgIpc) is 2.90. The van der Waals surface area contributed by atoms with Gasteiger partial charge in [-0.25, -0.2) is 0 Å². The fraction of sp³-hybridized carbons (Fsp3) is 0.630. The minimum absolute atomic E-state index is 0.0424. The van der Waals surface area contributed by atoms with Gasteiger partial charge in [-0.2, -0.15) is 0 Å². The molecule has 0 spiro atoms. The van der Waals surface area contributed by atoms with Crippen LogP contribution in [0.25, 0.3) is 0 Å². The predicted octanol–water partition coefficient (Wildman–Crippen LogP) is 0.140. The predicted molar refractivity (Wildman–Crippen MR) is 134 cm³/mol. The largest absolute Gasteiger partial charge is 0.463 e. The van der Waals surface area contributed by atoms with Gasteiger partial charge in [0.15, 0.2) is 30.9 Å². The van der Waals surface area contributed by atoms with E-state index in [4.69, 9.17) is 37.9 Å². The van der Waals surface area contributed by atoms with Crippen LogP contribution in [-0.2, 0) is 63.7 Å². The lowest BCUT2D eigenvalue weighted by atomic mass is 9.97. The molecule has 2 aliphatic heterocycles. The third-order valence-electron chi connectivity index (χ3n) is 6.22. The maximum Gasteiger partial charge on any atom is 0.303 e. The van der Waals surface area contributed by atoms with Crippen molar-refractivity contribution >= 4 is 23.9 Å². The molecule has 0 aromatic heterocycles. The summed E-state index contributed by atoms with van der Waals surface area (Å²) in [5.74, 6) is -3.02. The Morgan fingerprint density at radius 2 is 1.41 bits per heavy atom. The van der Waals surface area contributed by atoms with Crippen LogP contribution in [0.2, 0.25) is 0 Å². The Balaban J connectivity index is 1.96. The number of hydrogen-bond donors (Lipinski definition) is 2. The Morgan fingerprint density at radius 1 is 0.805 bits per heavy atom. The molecule has 2 heterocycles. The maximum absolute atomic E-state index is 12.1. The van der Waals surface area contributed by atoms with Crippen LogP contribution in [-0.4, -0.2) is 103 Å². The molecular formula is C27H36O14. The number of hydrogen-bond acceptors (Lipinski definition) is 14. The Kier molecular flexibility index (Phi) is 12.0. The van der Waals surface area contributed by atoms with E-state index in [1.54, 1.807) is 0 Å². The summed E-state index contributed by atoms with van der Waals surface area (Å²) < 4.78 is 45.1. The fourth-order valence-electron chi connectivity index (χ4n) is 4.62. The number of benzene rings is 1. The molecule has 1 aromatic carbocycles. The maximum atomic E-state index is 12.1. The summed E-state index contributed by atoms with van der Waals surface area (Å²) in [5, 5.41) is 20.3. The molecule has 9 atom stereocenters. The van der Waals surface area contributed by atoms with E-state index in [1.807, 2.05) is 30.3 Å². The topological polar surface area (TPSA) is 183 Å². The van der Waals surface area contributed by atoms with Gasteiger partial charge in [-0.15, -0.1) is 0 Å². The number of carbonyl (C=O) groups is 4. The van der Waals surface area contributed by atoms with Crippen LogP contribution in [0.15, 0.2) is 30.3 Å². The number of rotatable bonds is 11. The van der Waals surface area contributed by atoms with Crippen molar-refractivity contribution in [1.82, 2.24) is 0 Å².